The van der Waals surface area contributed by atoms with Gasteiger partial charge in [0.2, 0.25) is 0 Å². The number of rotatable bonds is 13. The summed E-state index contributed by atoms with van der Waals surface area (Å²) in [6.45, 7) is 15.6. The molecule has 1 rings (SSSR count). The van der Waals surface area contributed by atoms with Gasteiger partial charge in [-0.05, 0) is 65.7 Å². The molecule has 23 heavy (non-hydrogen) atoms. The first-order valence-corrected chi connectivity index (χ1v) is 13.6. The first-order valence-electron chi connectivity index (χ1n) is 9.42. The van der Waals surface area contributed by atoms with Crippen LogP contribution in [0.15, 0.2) is 0 Å². The summed E-state index contributed by atoms with van der Waals surface area (Å²) >= 11 is 0. The molecule has 7 heteroatoms. The van der Waals surface area contributed by atoms with Gasteiger partial charge < -0.3 is 17.7 Å². The molecule has 1 aliphatic rings. The first kappa shape index (κ1) is 21.3. The summed E-state index contributed by atoms with van der Waals surface area (Å²) in [6.07, 6.45) is 2.30. The van der Waals surface area contributed by atoms with Crippen molar-refractivity contribution in [1.82, 2.24) is 4.57 Å². The lowest BCUT2D eigenvalue weighted by atomic mass is 10.4. The highest BCUT2D eigenvalue weighted by molar-refractivity contribution is 6.67. The summed E-state index contributed by atoms with van der Waals surface area (Å²) in [5.74, 6) is 0. The normalized spacial score (nSPS) is 18.7. The second-order valence-corrected chi connectivity index (χ2v) is 12.6. The van der Waals surface area contributed by atoms with Crippen LogP contribution in [0, 0.1) is 0 Å². The van der Waals surface area contributed by atoms with Crippen molar-refractivity contribution < 1.29 is 17.7 Å². The van der Waals surface area contributed by atoms with Crippen LogP contribution in [0.4, 0.5) is 0 Å². The maximum Gasteiger partial charge on any atom is 0.427 e. The lowest BCUT2D eigenvalue weighted by Gasteiger charge is -2.35. The van der Waals surface area contributed by atoms with Crippen molar-refractivity contribution >= 4 is 17.3 Å². The van der Waals surface area contributed by atoms with Gasteiger partial charge in [-0.2, -0.15) is 0 Å². The Morgan fingerprint density at radius 3 is 2.00 bits per heavy atom. The van der Waals surface area contributed by atoms with E-state index >= 15 is 0 Å². The topological polar surface area (TPSA) is 40.2 Å². The van der Waals surface area contributed by atoms with Gasteiger partial charge in [0.15, 0.2) is 0 Å². The van der Waals surface area contributed by atoms with E-state index in [-0.39, 0.29) is 0 Å². The first-order chi connectivity index (χ1) is 11.1. The van der Waals surface area contributed by atoms with Gasteiger partial charge in [-0.3, -0.25) is 4.57 Å². The smallest absolute Gasteiger partial charge is 0.394 e. The molecule has 0 radical (unpaired) electrons. The van der Waals surface area contributed by atoms with Crippen molar-refractivity contribution in [2.24, 2.45) is 0 Å². The average Bonchev–Trinajstić information content (AvgIpc) is 2.91. The molecule has 0 aromatic rings. The van der Waals surface area contributed by atoms with Gasteiger partial charge in [0, 0.05) is 32.5 Å². The SMILES string of the molecule is CCO[Si](CC)(CCCN1CCC[Si]1(OCC)OCC)OCC. The fraction of sp³-hybridized carbons (Fsp3) is 1.00. The molecule has 0 saturated carbocycles. The van der Waals surface area contributed by atoms with Crippen molar-refractivity contribution in [3.05, 3.63) is 0 Å². The van der Waals surface area contributed by atoms with E-state index in [0.29, 0.717) is 0 Å². The molecule has 0 spiro atoms. The summed E-state index contributed by atoms with van der Waals surface area (Å²) in [6, 6.07) is 3.18. The van der Waals surface area contributed by atoms with E-state index in [0.717, 1.165) is 64.1 Å². The molecule has 0 N–H and O–H groups in total. The molecule has 0 aliphatic carbocycles. The summed E-state index contributed by atoms with van der Waals surface area (Å²) in [7, 11) is -4.16. The standard InChI is InChI=1S/C16H37NO4Si2/c1-6-18-22(10-5,19-7-2)15-11-13-17-14-12-16-23(17,20-8-3)21-9-4/h6-16H2,1-5H3. The number of hydrogen-bond donors (Lipinski definition) is 0. The molecule has 1 heterocycles. The van der Waals surface area contributed by atoms with Gasteiger partial charge in [0.25, 0.3) is 0 Å². The molecule has 0 bridgehead atoms. The van der Waals surface area contributed by atoms with Gasteiger partial charge in [0.1, 0.15) is 0 Å². The largest absolute Gasteiger partial charge is 0.427 e. The van der Waals surface area contributed by atoms with Gasteiger partial charge in [-0.15, -0.1) is 0 Å². The van der Waals surface area contributed by atoms with E-state index in [4.69, 9.17) is 17.7 Å². The van der Waals surface area contributed by atoms with Gasteiger partial charge >= 0.3 is 17.3 Å². The van der Waals surface area contributed by atoms with Crippen molar-refractivity contribution in [1.29, 1.82) is 0 Å². The van der Waals surface area contributed by atoms with E-state index in [1.54, 1.807) is 0 Å². The summed E-state index contributed by atoms with van der Waals surface area (Å²) < 4.78 is 26.9. The van der Waals surface area contributed by atoms with Crippen molar-refractivity contribution in [3.63, 3.8) is 0 Å². The number of hydrogen-bond acceptors (Lipinski definition) is 5. The molecule has 1 aliphatic heterocycles. The predicted octanol–water partition coefficient (Wildman–Crippen LogP) is 3.63. The maximum atomic E-state index is 6.14. The minimum Gasteiger partial charge on any atom is -0.394 e. The highest BCUT2D eigenvalue weighted by atomic mass is 28.4. The minimum atomic E-state index is -2.14. The van der Waals surface area contributed by atoms with Crippen molar-refractivity contribution in [3.8, 4) is 0 Å². The van der Waals surface area contributed by atoms with Gasteiger partial charge in [-0.1, -0.05) is 6.92 Å². The molecule has 0 aromatic carbocycles. The molecular weight excluding hydrogens is 326 g/mol. The maximum absolute atomic E-state index is 6.14. The molecular formula is C16H37NO4Si2. The zero-order valence-electron chi connectivity index (χ0n) is 15.9. The number of nitrogens with zero attached hydrogens (tertiary/aromatic N) is 1. The Balaban J connectivity index is 2.60. The second-order valence-electron chi connectivity index (χ2n) is 5.90. The van der Waals surface area contributed by atoms with Crippen LogP contribution >= 0.6 is 0 Å². The third-order valence-corrected chi connectivity index (χ3v) is 12.2. The molecule has 0 aromatic heterocycles. The highest BCUT2D eigenvalue weighted by Gasteiger charge is 2.48. The molecule has 5 nitrogen and oxygen atoms in total. The van der Waals surface area contributed by atoms with Gasteiger partial charge in [-0.25, -0.2) is 0 Å². The quantitative estimate of drug-likeness (QED) is 0.467. The summed E-state index contributed by atoms with van der Waals surface area (Å²) in [5.41, 5.74) is 0. The van der Waals surface area contributed by atoms with Crippen LogP contribution in [0.25, 0.3) is 0 Å². The Kier molecular flexibility index (Phi) is 10.1. The van der Waals surface area contributed by atoms with E-state index in [1.807, 2.05) is 0 Å². The van der Waals surface area contributed by atoms with Crippen molar-refractivity contribution in [2.75, 3.05) is 39.5 Å². The molecule has 1 fully saturated rings. The van der Waals surface area contributed by atoms with Crippen LogP contribution in [-0.2, 0) is 17.7 Å². The Morgan fingerprint density at radius 1 is 0.913 bits per heavy atom. The van der Waals surface area contributed by atoms with Crippen LogP contribution in [0.5, 0.6) is 0 Å². The molecule has 138 valence electrons. The zero-order chi connectivity index (χ0) is 17.2. The van der Waals surface area contributed by atoms with Crippen LogP contribution in [0.1, 0.15) is 47.5 Å². The van der Waals surface area contributed by atoms with Crippen molar-refractivity contribution in [2.45, 2.75) is 65.6 Å². The second kappa shape index (κ2) is 11.0. The average molecular weight is 364 g/mol. The van der Waals surface area contributed by atoms with Crippen LogP contribution in [0.2, 0.25) is 18.1 Å². The van der Waals surface area contributed by atoms with Crippen LogP contribution in [-0.4, -0.2) is 61.4 Å². The minimum absolute atomic E-state index is 0.744. The Bertz CT molecular complexity index is 308. The lowest BCUT2D eigenvalue weighted by molar-refractivity contribution is 0.135. The molecule has 0 atom stereocenters. The Labute approximate surface area is 145 Å². The molecule has 0 unspecified atom stereocenters. The molecule has 1 saturated heterocycles. The highest BCUT2D eigenvalue weighted by Crippen LogP contribution is 2.30. The Morgan fingerprint density at radius 2 is 1.52 bits per heavy atom. The van der Waals surface area contributed by atoms with Crippen LogP contribution < -0.4 is 0 Å². The summed E-state index contributed by atoms with van der Waals surface area (Å²) in [5, 5.41) is 0. The van der Waals surface area contributed by atoms with Gasteiger partial charge in [0.05, 0.1) is 0 Å². The van der Waals surface area contributed by atoms with E-state index in [2.05, 4.69) is 39.2 Å². The Hall–Kier alpha value is 0.234. The summed E-state index contributed by atoms with van der Waals surface area (Å²) in [4.78, 5) is 0. The lowest BCUT2D eigenvalue weighted by Crippen LogP contribution is -2.55. The van der Waals surface area contributed by atoms with E-state index in [9.17, 15) is 0 Å². The predicted molar refractivity (Wildman–Crippen MR) is 98.9 cm³/mol. The van der Waals surface area contributed by atoms with Crippen LogP contribution in [0.3, 0.4) is 0 Å². The third kappa shape index (κ3) is 5.91. The fourth-order valence-electron chi connectivity index (χ4n) is 3.56. The van der Waals surface area contributed by atoms with E-state index in [1.165, 1.54) is 6.42 Å². The van der Waals surface area contributed by atoms with E-state index < -0.39 is 17.3 Å². The fourth-order valence-corrected chi connectivity index (χ4v) is 10.00. The molecule has 0 amide bonds. The zero-order valence-corrected chi connectivity index (χ0v) is 17.9. The third-order valence-electron chi connectivity index (χ3n) is 4.48. The monoisotopic (exact) mass is 363 g/mol.